The van der Waals surface area contributed by atoms with E-state index in [2.05, 4.69) is 13.8 Å². The Labute approximate surface area is 263 Å². The second-order valence-corrected chi connectivity index (χ2v) is 16.8. The van der Waals surface area contributed by atoms with Gasteiger partial charge in [0.15, 0.2) is 0 Å². The Kier molecular flexibility index (Phi) is 10.8. The Morgan fingerprint density at radius 2 is 0.791 bits per heavy atom. The van der Waals surface area contributed by atoms with Gasteiger partial charge < -0.3 is 9.47 Å². The molecule has 1 spiro atoms. The maximum Gasteiger partial charge on any atom is 0.309 e. The topological polar surface area (TPSA) is 52.6 Å². The average Bonchev–Trinajstić information content (AvgIpc) is 2.98. The number of carbonyl (C=O) groups excluding carboxylic acids is 2. The van der Waals surface area contributed by atoms with E-state index in [4.69, 9.17) is 9.47 Å². The van der Waals surface area contributed by atoms with E-state index in [1.54, 1.807) is 0 Å². The molecular formula is C39H64O4. The van der Waals surface area contributed by atoms with Crippen molar-refractivity contribution in [1.29, 1.82) is 0 Å². The number of esters is 2. The van der Waals surface area contributed by atoms with Crippen molar-refractivity contribution < 1.29 is 19.1 Å². The van der Waals surface area contributed by atoms with Crippen LogP contribution in [0, 0.1) is 52.8 Å². The number of rotatable bonds is 10. The molecule has 43 heavy (non-hydrogen) atoms. The molecule has 244 valence electrons. The summed E-state index contributed by atoms with van der Waals surface area (Å²) < 4.78 is 12.1. The first kappa shape index (κ1) is 31.9. The van der Waals surface area contributed by atoms with Crippen LogP contribution >= 0.6 is 0 Å². The van der Waals surface area contributed by atoms with Crippen molar-refractivity contribution in [3.63, 3.8) is 0 Å². The fourth-order valence-corrected chi connectivity index (χ4v) is 11.2. The normalized spacial score (nSPS) is 43.3. The van der Waals surface area contributed by atoms with Gasteiger partial charge in [-0.1, -0.05) is 65.2 Å². The summed E-state index contributed by atoms with van der Waals surface area (Å²) in [7, 11) is 0. The molecule has 0 unspecified atom stereocenters. The molecule has 0 amide bonds. The van der Waals surface area contributed by atoms with E-state index >= 15 is 0 Å². The standard InChI is InChI=1S/C39H64O4/c1-3-5-27-7-11-29(12-8-27)31-15-19-35(20-16-31)42-37(40)33-23-39(24-33)25-34(26-39)38(41)43-36-21-17-32(18-22-36)30-13-9-28(6-4-2)10-14-30/h27-36H,3-26H2,1-2H3. The van der Waals surface area contributed by atoms with Gasteiger partial charge in [-0.05, 0) is 144 Å². The summed E-state index contributed by atoms with van der Waals surface area (Å²) in [5.74, 6) is 5.77. The molecule has 4 heteroatoms. The van der Waals surface area contributed by atoms with Crippen molar-refractivity contribution in [1.82, 2.24) is 0 Å². The van der Waals surface area contributed by atoms with Crippen molar-refractivity contribution in [2.75, 3.05) is 0 Å². The lowest BCUT2D eigenvalue weighted by molar-refractivity contribution is -0.181. The fraction of sp³-hybridized carbons (Fsp3) is 0.949. The minimum atomic E-state index is 0.0517. The maximum atomic E-state index is 13.0. The van der Waals surface area contributed by atoms with Gasteiger partial charge in [-0.3, -0.25) is 9.59 Å². The smallest absolute Gasteiger partial charge is 0.309 e. The molecule has 6 saturated carbocycles. The molecule has 0 aliphatic heterocycles. The number of carbonyl (C=O) groups is 2. The van der Waals surface area contributed by atoms with E-state index in [1.807, 2.05) is 0 Å². The zero-order chi connectivity index (χ0) is 29.8. The van der Waals surface area contributed by atoms with Gasteiger partial charge in [0, 0.05) is 0 Å². The summed E-state index contributed by atoms with van der Waals surface area (Å²) in [6, 6.07) is 0. The lowest BCUT2D eigenvalue weighted by Crippen LogP contribution is -2.52. The SMILES string of the molecule is CCCC1CCC(C2CCC(OC(=O)C3CC4(C3)CC(C(=O)OC3CCC(C5CCC(CCC)CC5)CC3)C4)CC2)CC1. The van der Waals surface area contributed by atoms with Crippen LogP contribution in [0.2, 0.25) is 0 Å². The Morgan fingerprint density at radius 3 is 1.09 bits per heavy atom. The Hall–Kier alpha value is -1.06. The molecule has 0 bridgehead atoms. The molecule has 6 aliphatic carbocycles. The van der Waals surface area contributed by atoms with Crippen LogP contribution in [0.5, 0.6) is 0 Å². The zero-order valence-electron chi connectivity index (χ0n) is 27.9. The number of hydrogen-bond acceptors (Lipinski definition) is 4. The molecule has 0 N–H and O–H groups in total. The predicted octanol–water partition coefficient (Wildman–Crippen LogP) is 10.2. The Bertz CT molecular complexity index is 807. The average molecular weight is 597 g/mol. The van der Waals surface area contributed by atoms with Crippen LogP contribution in [0.4, 0.5) is 0 Å². The molecule has 0 heterocycles. The summed E-state index contributed by atoms with van der Waals surface area (Å²) in [5, 5.41) is 0. The van der Waals surface area contributed by atoms with Crippen molar-refractivity contribution in [2.24, 2.45) is 52.8 Å². The van der Waals surface area contributed by atoms with Gasteiger partial charge in [0.1, 0.15) is 12.2 Å². The van der Waals surface area contributed by atoms with E-state index in [0.717, 1.165) is 86.9 Å². The molecule has 0 radical (unpaired) electrons. The van der Waals surface area contributed by atoms with Crippen LogP contribution in [0.3, 0.4) is 0 Å². The van der Waals surface area contributed by atoms with E-state index in [-0.39, 0.29) is 41.4 Å². The third-order valence-corrected chi connectivity index (χ3v) is 13.9. The second kappa shape index (κ2) is 14.6. The van der Waals surface area contributed by atoms with Crippen molar-refractivity contribution in [2.45, 2.75) is 180 Å². The summed E-state index contributed by atoms with van der Waals surface area (Å²) in [4.78, 5) is 25.9. The largest absolute Gasteiger partial charge is 0.462 e. The van der Waals surface area contributed by atoms with Gasteiger partial charge in [-0.2, -0.15) is 0 Å². The van der Waals surface area contributed by atoms with Crippen LogP contribution in [-0.4, -0.2) is 24.1 Å². The van der Waals surface area contributed by atoms with Crippen molar-refractivity contribution >= 4 is 11.9 Å². The van der Waals surface area contributed by atoms with Gasteiger partial charge >= 0.3 is 11.9 Å². The molecule has 0 atom stereocenters. The lowest BCUT2D eigenvalue weighted by atomic mass is 9.48. The van der Waals surface area contributed by atoms with Gasteiger partial charge in [0.2, 0.25) is 0 Å². The molecule has 6 rings (SSSR count). The van der Waals surface area contributed by atoms with Gasteiger partial charge in [0.25, 0.3) is 0 Å². The third kappa shape index (κ3) is 7.85. The minimum absolute atomic E-state index is 0.0517. The monoisotopic (exact) mass is 596 g/mol. The lowest BCUT2D eigenvalue weighted by Gasteiger charge is -2.56. The molecule has 6 aliphatic rings. The van der Waals surface area contributed by atoms with Crippen LogP contribution in [0.15, 0.2) is 0 Å². The number of hydrogen-bond donors (Lipinski definition) is 0. The highest BCUT2D eigenvalue weighted by molar-refractivity contribution is 5.76. The number of ether oxygens (including phenoxy) is 2. The van der Waals surface area contributed by atoms with E-state index in [1.165, 1.54) is 103 Å². The summed E-state index contributed by atoms with van der Waals surface area (Å²) in [6.45, 7) is 4.64. The highest BCUT2D eigenvalue weighted by atomic mass is 16.5. The fourth-order valence-electron chi connectivity index (χ4n) is 11.2. The van der Waals surface area contributed by atoms with Gasteiger partial charge in [0.05, 0.1) is 11.8 Å². The first-order valence-corrected chi connectivity index (χ1v) is 19.3. The minimum Gasteiger partial charge on any atom is -0.462 e. The van der Waals surface area contributed by atoms with Crippen molar-refractivity contribution in [3.05, 3.63) is 0 Å². The van der Waals surface area contributed by atoms with Crippen LogP contribution in [-0.2, 0) is 19.1 Å². The summed E-state index contributed by atoms with van der Waals surface area (Å²) >= 11 is 0. The molecular weight excluding hydrogens is 532 g/mol. The molecule has 0 aromatic carbocycles. The molecule has 0 aromatic heterocycles. The quantitative estimate of drug-likeness (QED) is 0.235. The maximum absolute atomic E-state index is 13.0. The van der Waals surface area contributed by atoms with E-state index in [9.17, 15) is 9.59 Å². The Morgan fingerprint density at radius 1 is 0.488 bits per heavy atom. The first-order valence-electron chi connectivity index (χ1n) is 19.3. The van der Waals surface area contributed by atoms with E-state index in [0.29, 0.717) is 0 Å². The third-order valence-electron chi connectivity index (χ3n) is 13.9. The summed E-state index contributed by atoms with van der Waals surface area (Å²) in [5.41, 5.74) is 0.218. The summed E-state index contributed by atoms with van der Waals surface area (Å²) in [6.07, 6.45) is 30.3. The highest BCUT2D eigenvalue weighted by Gasteiger charge is 2.57. The van der Waals surface area contributed by atoms with E-state index < -0.39 is 0 Å². The van der Waals surface area contributed by atoms with Crippen LogP contribution < -0.4 is 0 Å². The van der Waals surface area contributed by atoms with Gasteiger partial charge in [-0.25, -0.2) is 0 Å². The zero-order valence-corrected chi connectivity index (χ0v) is 27.9. The van der Waals surface area contributed by atoms with Gasteiger partial charge in [-0.15, -0.1) is 0 Å². The molecule has 4 nitrogen and oxygen atoms in total. The highest BCUT2D eigenvalue weighted by Crippen LogP contribution is 2.62. The molecule has 6 fully saturated rings. The molecule has 0 saturated heterocycles. The predicted molar refractivity (Wildman–Crippen MR) is 172 cm³/mol. The van der Waals surface area contributed by atoms with Crippen LogP contribution in [0.1, 0.15) is 168 Å². The van der Waals surface area contributed by atoms with Crippen LogP contribution in [0.25, 0.3) is 0 Å². The molecule has 0 aromatic rings. The first-order chi connectivity index (χ1) is 20.9. The second-order valence-electron chi connectivity index (χ2n) is 16.8. The Balaban J connectivity index is 0.824. The van der Waals surface area contributed by atoms with Crippen molar-refractivity contribution in [3.8, 4) is 0 Å².